The van der Waals surface area contributed by atoms with Crippen LogP contribution in [0.4, 0.5) is 4.79 Å². The number of likely N-dealkylation sites (tertiary alicyclic amines) is 1. The number of allylic oxidation sites excluding steroid dienone is 1. The largest absolute Gasteiger partial charge is 0.444 e. The summed E-state index contributed by atoms with van der Waals surface area (Å²) in [7, 11) is 0. The molecule has 4 atom stereocenters. The third kappa shape index (κ3) is 3.83. The van der Waals surface area contributed by atoms with E-state index < -0.39 is 5.60 Å². The number of thiazole rings is 1. The first-order valence-corrected chi connectivity index (χ1v) is 10.9. The molecule has 1 amide bonds. The molecule has 24 heavy (non-hydrogen) atoms. The fourth-order valence-electron chi connectivity index (χ4n) is 3.03. The van der Waals surface area contributed by atoms with E-state index in [1.165, 1.54) is 0 Å². The molecule has 0 aliphatic carbocycles. The number of amides is 1. The molecule has 7 heteroatoms. The molecule has 2 aliphatic rings. The molecule has 0 saturated carbocycles. The van der Waals surface area contributed by atoms with Crippen LogP contribution in [0.25, 0.3) is 0 Å². The number of hydrogen-bond donors (Lipinski definition) is 0. The Balaban J connectivity index is 1.78. The molecule has 3 rings (SSSR count). The highest BCUT2D eigenvalue weighted by molar-refractivity contribution is 9.09. The fraction of sp³-hybridized carbons (Fsp3) is 0.647. The number of hydrogen-bond acceptors (Lipinski definition) is 5. The van der Waals surface area contributed by atoms with Crippen LogP contribution >= 0.6 is 39.0 Å². The average molecular weight is 431 g/mol. The first-order chi connectivity index (χ1) is 11.3. The standard InChI is InChI=1S/C17H23BrN2O2S2/c1-10-5-7-20(16(21)22-17(2,3)4)13(10)15-19-12(9-24-15)14-11(18)6-8-23-14/h6,8-11,13-14H,5,7H2,1-4H3/t10-,11?,13-,14?/m0/s1. The number of carbonyl (C=O) groups excluding carboxylic acids is 1. The molecule has 1 fully saturated rings. The number of carbonyl (C=O) groups is 1. The van der Waals surface area contributed by atoms with Gasteiger partial charge in [-0.15, -0.1) is 23.1 Å². The molecule has 1 aromatic rings. The SMILES string of the molecule is C[C@H]1CCN(C(=O)OC(C)(C)C)[C@@H]1c1nc(C2SC=CC2Br)cs1. The molecule has 0 N–H and O–H groups in total. The number of ether oxygens (including phenoxy) is 1. The number of nitrogens with zero attached hydrogens (tertiary/aromatic N) is 2. The van der Waals surface area contributed by atoms with Crippen molar-refractivity contribution in [3.8, 4) is 0 Å². The van der Waals surface area contributed by atoms with Gasteiger partial charge in [-0.05, 0) is 38.5 Å². The Kier molecular flexibility index (Phi) is 5.33. The van der Waals surface area contributed by atoms with Crippen molar-refractivity contribution in [3.63, 3.8) is 0 Å². The van der Waals surface area contributed by atoms with Crippen LogP contribution in [0.1, 0.15) is 56.1 Å². The topological polar surface area (TPSA) is 42.4 Å². The van der Waals surface area contributed by atoms with Crippen molar-refractivity contribution in [2.75, 3.05) is 6.54 Å². The predicted molar refractivity (Wildman–Crippen MR) is 104 cm³/mol. The second kappa shape index (κ2) is 7.00. The second-order valence-corrected chi connectivity index (χ2v) is 10.3. The lowest BCUT2D eigenvalue weighted by atomic mass is 10.0. The van der Waals surface area contributed by atoms with E-state index in [4.69, 9.17) is 9.72 Å². The van der Waals surface area contributed by atoms with Crippen LogP contribution in [0, 0.1) is 5.92 Å². The van der Waals surface area contributed by atoms with E-state index in [0.29, 0.717) is 16.0 Å². The Morgan fingerprint density at radius 3 is 2.83 bits per heavy atom. The van der Waals surface area contributed by atoms with Gasteiger partial charge in [0.2, 0.25) is 0 Å². The van der Waals surface area contributed by atoms with Gasteiger partial charge in [-0.2, -0.15) is 0 Å². The summed E-state index contributed by atoms with van der Waals surface area (Å²) < 4.78 is 5.59. The molecule has 0 bridgehead atoms. The first-order valence-electron chi connectivity index (χ1n) is 8.17. The van der Waals surface area contributed by atoms with Crippen molar-refractivity contribution in [2.45, 2.75) is 55.8 Å². The van der Waals surface area contributed by atoms with Gasteiger partial charge in [-0.25, -0.2) is 9.78 Å². The third-order valence-electron chi connectivity index (χ3n) is 4.19. The fourth-order valence-corrected chi connectivity index (χ4v) is 6.14. The lowest BCUT2D eigenvalue weighted by Crippen LogP contribution is -2.37. The average Bonchev–Trinajstić information content (AvgIpc) is 3.15. The minimum atomic E-state index is -0.475. The highest BCUT2D eigenvalue weighted by Gasteiger charge is 2.40. The van der Waals surface area contributed by atoms with Crippen molar-refractivity contribution >= 4 is 45.1 Å². The van der Waals surface area contributed by atoms with E-state index in [9.17, 15) is 4.79 Å². The molecule has 1 saturated heterocycles. The number of halogens is 1. The van der Waals surface area contributed by atoms with E-state index in [2.05, 4.69) is 39.7 Å². The lowest BCUT2D eigenvalue weighted by molar-refractivity contribution is 0.0208. The quantitative estimate of drug-likeness (QED) is 0.578. The minimum absolute atomic E-state index is 0.0201. The van der Waals surface area contributed by atoms with Crippen molar-refractivity contribution in [3.05, 3.63) is 27.6 Å². The Hall–Kier alpha value is -0.530. The van der Waals surface area contributed by atoms with E-state index >= 15 is 0 Å². The Labute approximate surface area is 160 Å². The minimum Gasteiger partial charge on any atom is -0.444 e. The molecule has 3 heterocycles. The van der Waals surface area contributed by atoms with Gasteiger partial charge < -0.3 is 4.74 Å². The monoisotopic (exact) mass is 430 g/mol. The van der Waals surface area contributed by atoms with E-state index in [0.717, 1.165) is 23.7 Å². The van der Waals surface area contributed by atoms with Crippen LogP contribution in [-0.4, -0.2) is 33.0 Å². The number of rotatable bonds is 2. The van der Waals surface area contributed by atoms with Gasteiger partial charge in [0.05, 0.1) is 21.8 Å². The molecule has 0 radical (unpaired) electrons. The zero-order chi connectivity index (χ0) is 17.5. The highest BCUT2D eigenvalue weighted by Crippen LogP contribution is 2.45. The summed E-state index contributed by atoms with van der Waals surface area (Å²) in [5.41, 5.74) is 0.617. The zero-order valence-electron chi connectivity index (χ0n) is 14.4. The van der Waals surface area contributed by atoms with E-state index in [1.54, 1.807) is 23.1 Å². The molecule has 0 spiro atoms. The zero-order valence-corrected chi connectivity index (χ0v) is 17.6. The Morgan fingerprint density at radius 1 is 1.46 bits per heavy atom. The van der Waals surface area contributed by atoms with Crippen LogP contribution in [0.3, 0.4) is 0 Å². The smallest absolute Gasteiger partial charge is 0.410 e. The second-order valence-electron chi connectivity index (χ2n) is 7.32. The summed E-state index contributed by atoms with van der Waals surface area (Å²) in [5, 5.41) is 5.59. The van der Waals surface area contributed by atoms with Gasteiger partial charge in [-0.1, -0.05) is 28.9 Å². The first kappa shape index (κ1) is 18.3. The van der Waals surface area contributed by atoms with Gasteiger partial charge in [-0.3, -0.25) is 4.90 Å². The summed E-state index contributed by atoms with van der Waals surface area (Å²) >= 11 is 7.13. The molecule has 0 aromatic carbocycles. The highest BCUT2D eigenvalue weighted by atomic mass is 79.9. The van der Waals surface area contributed by atoms with Crippen LogP contribution in [-0.2, 0) is 4.74 Å². The van der Waals surface area contributed by atoms with Gasteiger partial charge in [0.1, 0.15) is 10.6 Å². The maximum Gasteiger partial charge on any atom is 0.410 e. The van der Waals surface area contributed by atoms with Crippen LogP contribution < -0.4 is 0 Å². The van der Waals surface area contributed by atoms with Crippen molar-refractivity contribution in [2.24, 2.45) is 5.92 Å². The third-order valence-corrected chi connectivity index (χ3v) is 7.45. The summed E-state index contributed by atoms with van der Waals surface area (Å²) in [4.78, 5) is 19.6. The van der Waals surface area contributed by atoms with E-state index in [-0.39, 0.29) is 12.1 Å². The summed E-state index contributed by atoms with van der Waals surface area (Å²) in [6.45, 7) is 8.63. The normalized spacial score (nSPS) is 30.1. The van der Waals surface area contributed by atoms with Crippen LogP contribution in [0.15, 0.2) is 16.9 Å². The Morgan fingerprint density at radius 2 is 2.21 bits per heavy atom. The maximum atomic E-state index is 12.6. The maximum absolute atomic E-state index is 12.6. The van der Waals surface area contributed by atoms with Crippen LogP contribution in [0.5, 0.6) is 0 Å². The molecular weight excluding hydrogens is 408 g/mol. The predicted octanol–water partition coefficient (Wildman–Crippen LogP) is 5.53. The summed E-state index contributed by atoms with van der Waals surface area (Å²) in [5.74, 6) is 0.394. The molecular formula is C17H23BrN2O2S2. The molecule has 2 aliphatic heterocycles. The van der Waals surface area contributed by atoms with Crippen LogP contribution in [0.2, 0.25) is 0 Å². The van der Waals surface area contributed by atoms with Crippen molar-refractivity contribution in [1.82, 2.24) is 9.88 Å². The van der Waals surface area contributed by atoms with Gasteiger partial charge in [0.25, 0.3) is 0 Å². The molecule has 4 nitrogen and oxygen atoms in total. The number of aromatic nitrogens is 1. The van der Waals surface area contributed by atoms with Crippen molar-refractivity contribution < 1.29 is 9.53 Å². The van der Waals surface area contributed by atoms with Gasteiger partial charge in [0.15, 0.2) is 0 Å². The summed E-state index contributed by atoms with van der Waals surface area (Å²) in [6.07, 6.45) is 2.91. The lowest BCUT2D eigenvalue weighted by Gasteiger charge is -2.29. The van der Waals surface area contributed by atoms with E-state index in [1.807, 2.05) is 25.7 Å². The van der Waals surface area contributed by atoms with Crippen molar-refractivity contribution in [1.29, 1.82) is 0 Å². The van der Waals surface area contributed by atoms with Gasteiger partial charge in [0, 0.05) is 11.9 Å². The molecule has 2 unspecified atom stereocenters. The molecule has 132 valence electrons. The number of thioether (sulfide) groups is 1. The summed E-state index contributed by atoms with van der Waals surface area (Å²) in [6, 6.07) is 0.0201. The molecule has 1 aromatic heterocycles. The number of alkyl halides is 1. The Bertz CT molecular complexity index is 641. The van der Waals surface area contributed by atoms with Gasteiger partial charge >= 0.3 is 6.09 Å².